The fourth-order valence-corrected chi connectivity index (χ4v) is 8.91. The summed E-state index contributed by atoms with van der Waals surface area (Å²) in [5, 5.41) is 15.5. The summed E-state index contributed by atoms with van der Waals surface area (Å²) in [5.74, 6) is 1.44. The van der Waals surface area contributed by atoms with E-state index in [1.54, 1.807) is 25.1 Å². The second-order valence-corrected chi connectivity index (χ2v) is 14.8. The Hall–Kier alpha value is -4.53. The first-order chi connectivity index (χ1) is 23.7. The Morgan fingerprint density at radius 2 is 1.90 bits per heavy atom. The molecule has 5 heterocycles. The molecule has 4 aromatic rings. The topological polar surface area (TPSA) is 94.1 Å². The van der Waals surface area contributed by atoms with Crippen LogP contribution in [0.5, 0.6) is 11.8 Å². The minimum Gasteiger partial charge on any atom is -0.508 e. The average Bonchev–Trinajstić information content (AvgIpc) is 3.36. The van der Waals surface area contributed by atoms with Gasteiger partial charge < -0.3 is 25.0 Å². The van der Waals surface area contributed by atoms with Crippen LogP contribution < -0.4 is 15.0 Å². The number of nitrogens with one attached hydrogen (secondary N) is 1. The highest BCUT2D eigenvalue weighted by atomic mass is 19.1. The molecular formula is C38H38F2N6O3. The van der Waals surface area contributed by atoms with Crippen molar-refractivity contribution < 1.29 is 23.4 Å². The Kier molecular flexibility index (Phi) is 7.01. The number of terminal acetylenes is 1. The number of hydrogen-bond acceptors (Lipinski definition) is 8. The molecule has 1 amide bonds. The third kappa shape index (κ3) is 5.15. The Bertz CT molecular complexity index is 2070. The fraction of sp³-hybridized carbons (Fsp3) is 0.447. The van der Waals surface area contributed by atoms with E-state index in [2.05, 4.69) is 26.0 Å². The van der Waals surface area contributed by atoms with Gasteiger partial charge in [-0.3, -0.25) is 9.69 Å². The number of phenols is 1. The predicted molar refractivity (Wildman–Crippen MR) is 182 cm³/mol. The minimum atomic E-state index is -0.857. The van der Waals surface area contributed by atoms with Crippen molar-refractivity contribution in [1.29, 1.82) is 0 Å². The van der Waals surface area contributed by atoms with E-state index in [1.807, 2.05) is 4.90 Å². The maximum Gasteiger partial charge on any atom is 0.319 e. The highest BCUT2D eigenvalue weighted by Gasteiger charge is 2.51. The summed E-state index contributed by atoms with van der Waals surface area (Å²) in [6.45, 7) is 5.86. The van der Waals surface area contributed by atoms with Gasteiger partial charge in [0.2, 0.25) is 5.91 Å². The molecule has 4 atom stereocenters. The molecule has 4 aliphatic heterocycles. The highest BCUT2D eigenvalue weighted by Crippen LogP contribution is 2.49. The van der Waals surface area contributed by atoms with Gasteiger partial charge in [-0.1, -0.05) is 18.1 Å². The van der Waals surface area contributed by atoms with Crippen molar-refractivity contribution in [2.45, 2.75) is 63.2 Å². The zero-order valence-corrected chi connectivity index (χ0v) is 27.4. The summed E-state index contributed by atoms with van der Waals surface area (Å²) in [6.07, 6.45) is 10.9. The maximum absolute atomic E-state index is 17.0. The molecule has 1 aliphatic carbocycles. The van der Waals surface area contributed by atoms with Crippen molar-refractivity contribution in [3.63, 3.8) is 0 Å². The van der Waals surface area contributed by atoms with Gasteiger partial charge in [0.05, 0.1) is 12.2 Å². The van der Waals surface area contributed by atoms with Crippen LogP contribution in [-0.2, 0) is 4.79 Å². The van der Waals surface area contributed by atoms with Crippen molar-refractivity contribution >= 4 is 33.4 Å². The number of fused-ring (bicyclic) bond motifs is 6. The molecule has 9 nitrogen and oxygen atoms in total. The van der Waals surface area contributed by atoms with Crippen LogP contribution in [0.1, 0.15) is 44.6 Å². The number of aromatic nitrogens is 2. The van der Waals surface area contributed by atoms with Crippen LogP contribution in [0.25, 0.3) is 32.8 Å². The van der Waals surface area contributed by atoms with Crippen molar-refractivity contribution in [2.24, 2.45) is 5.41 Å². The Morgan fingerprint density at radius 3 is 2.59 bits per heavy atom. The zero-order chi connectivity index (χ0) is 33.6. The number of phenolic OH excluding ortho intramolecular Hbond substituents is 1. The van der Waals surface area contributed by atoms with Gasteiger partial charge >= 0.3 is 6.01 Å². The van der Waals surface area contributed by atoms with Gasteiger partial charge in [-0.05, 0) is 61.8 Å². The highest BCUT2D eigenvalue weighted by molar-refractivity contribution is 6.04. The molecule has 5 aliphatic rings. The second-order valence-electron chi connectivity index (χ2n) is 14.8. The lowest BCUT2D eigenvalue weighted by atomic mass is 9.93. The van der Waals surface area contributed by atoms with Gasteiger partial charge in [0, 0.05) is 91.1 Å². The zero-order valence-electron chi connectivity index (χ0n) is 27.4. The normalized spacial score (nSPS) is 25.3. The Morgan fingerprint density at radius 1 is 1.10 bits per heavy atom. The van der Waals surface area contributed by atoms with E-state index in [0.29, 0.717) is 47.9 Å². The average molecular weight is 665 g/mol. The molecule has 0 radical (unpaired) electrons. The summed E-state index contributed by atoms with van der Waals surface area (Å²) in [7, 11) is 0. The number of carbonyl (C=O) groups is 1. The SMILES string of the molecule is C#Cc1cccc2cc(O)cc(-c3c(F)cc4c(N5CC6CCC(C5)N6)nc(OCC5(CN6CC7CC6CN7C(C)=O)CC5)nc4c3F)c12. The maximum atomic E-state index is 17.0. The van der Waals surface area contributed by atoms with Gasteiger partial charge in [-0.2, -0.15) is 9.97 Å². The number of aromatic hydroxyl groups is 1. The van der Waals surface area contributed by atoms with Crippen LogP contribution in [0.3, 0.4) is 0 Å². The monoisotopic (exact) mass is 664 g/mol. The van der Waals surface area contributed by atoms with Gasteiger partial charge in [0.1, 0.15) is 22.9 Å². The first-order valence-electron chi connectivity index (χ1n) is 17.3. The predicted octanol–water partition coefficient (Wildman–Crippen LogP) is 4.82. The van der Waals surface area contributed by atoms with Crippen molar-refractivity contribution in [1.82, 2.24) is 25.1 Å². The lowest BCUT2D eigenvalue weighted by molar-refractivity contribution is -0.131. The van der Waals surface area contributed by atoms with Crippen LogP contribution >= 0.6 is 0 Å². The summed E-state index contributed by atoms with van der Waals surface area (Å²) in [6, 6.07) is 10.6. The number of nitrogens with zero attached hydrogens (tertiary/aromatic N) is 5. The number of piperazine rings is 2. The third-order valence-electron chi connectivity index (χ3n) is 11.5. The van der Waals surface area contributed by atoms with Gasteiger partial charge in [-0.25, -0.2) is 8.78 Å². The molecular weight excluding hydrogens is 626 g/mol. The Balaban J connectivity index is 1.09. The first kappa shape index (κ1) is 30.5. The molecule has 4 saturated heterocycles. The number of carbonyl (C=O) groups excluding carboxylic acids is 1. The van der Waals surface area contributed by atoms with Crippen molar-refractivity contribution in [3.05, 3.63) is 53.6 Å². The van der Waals surface area contributed by atoms with Crippen molar-refractivity contribution in [3.8, 4) is 35.2 Å². The summed E-state index contributed by atoms with van der Waals surface area (Å²) >= 11 is 0. The number of anilines is 1. The lowest BCUT2D eigenvalue weighted by Crippen LogP contribution is -2.51. The van der Waals surface area contributed by atoms with E-state index >= 15 is 8.78 Å². The third-order valence-corrected chi connectivity index (χ3v) is 11.5. The van der Waals surface area contributed by atoms with E-state index in [9.17, 15) is 9.90 Å². The molecule has 11 heteroatoms. The molecule has 1 saturated carbocycles. The van der Waals surface area contributed by atoms with Gasteiger partial charge in [-0.15, -0.1) is 6.42 Å². The van der Waals surface area contributed by atoms with Gasteiger partial charge in [0.25, 0.3) is 0 Å². The number of amides is 1. The molecule has 5 fully saturated rings. The summed E-state index contributed by atoms with van der Waals surface area (Å²) in [5.41, 5.74) is 0.211. The van der Waals surface area contributed by atoms with E-state index in [0.717, 1.165) is 51.7 Å². The van der Waals surface area contributed by atoms with E-state index in [1.165, 1.54) is 18.2 Å². The molecule has 1 aromatic heterocycles. The molecule has 252 valence electrons. The smallest absolute Gasteiger partial charge is 0.319 e. The molecule has 4 unspecified atom stereocenters. The van der Waals surface area contributed by atoms with E-state index < -0.39 is 11.6 Å². The largest absolute Gasteiger partial charge is 0.508 e. The summed E-state index contributed by atoms with van der Waals surface area (Å²) < 4.78 is 39.6. The second kappa shape index (κ2) is 11.3. The number of likely N-dealkylation sites (tertiary alicyclic amines) is 2. The van der Waals surface area contributed by atoms with E-state index in [4.69, 9.17) is 16.1 Å². The number of rotatable bonds is 7. The number of ether oxygens (including phenoxy) is 1. The first-order valence-corrected chi connectivity index (χ1v) is 17.3. The van der Waals surface area contributed by atoms with E-state index in [-0.39, 0.29) is 63.2 Å². The van der Waals surface area contributed by atoms with Crippen LogP contribution in [0, 0.1) is 29.4 Å². The molecule has 3 aromatic carbocycles. The number of hydrogen-bond donors (Lipinski definition) is 2. The Labute approximate surface area is 283 Å². The lowest BCUT2D eigenvalue weighted by Gasteiger charge is -2.35. The molecule has 0 spiro atoms. The molecule has 4 bridgehead atoms. The standard InChI is InChI=1S/C38H38F2N6O3/c1-3-22-5-4-6-23-11-28(48)13-29(32(22)23)33-31(39)14-30-35(34(33)40)42-37(43-36(30)44-15-24-7-8-25(16-44)41-24)49-20-38(9-10-38)19-45-17-27-12-26(45)18-46(27)21(2)47/h1,4-6,11,13-14,24-27,41,48H,7-10,12,15-20H2,2H3. The van der Waals surface area contributed by atoms with Crippen LogP contribution in [0.15, 0.2) is 36.4 Å². The minimum absolute atomic E-state index is 0.0389. The summed E-state index contributed by atoms with van der Waals surface area (Å²) in [4.78, 5) is 28.0. The quantitative estimate of drug-likeness (QED) is 0.272. The van der Waals surface area contributed by atoms with Crippen molar-refractivity contribution in [2.75, 3.05) is 44.2 Å². The number of benzene rings is 3. The molecule has 2 N–H and O–H groups in total. The molecule has 9 rings (SSSR count). The van der Waals surface area contributed by atoms with Crippen LogP contribution in [-0.4, -0.2) is 94.3 Å². The molecule has 49 heavy (non-hydrogen) atoms. The van der Waals surface area contributed by atoms with Crippen LogP contribution in [0.2, 0.25) is 0 Å². The van der Waals surface area contributed by atoms with Crippen LogP contribution in [0.4, 0.5) is 14.6 Å². The number of halogens is 2. The fourth-order valence-electron chi connectivity index (χ4n) is 8.91. The van der Waals surface area contributed by atoms with Gasteiger partial charge in [0.15, 0.2) is 5.82 Å².